The highest BCUT2D eigenvalue weighted by Gasteiger charge is 2.24. The van der Waals surface area contributed by atoms with Gasteiger partial charge in [0.25, 0.3) is 11.8 Å². The quantitative estimate of drug-likeness (QED) is 0.0143. The zero-order chi connectivity index (χ0) is 57.0. The van der Waals surface area contributed by atoms with Crippen molar-refractivity contribution in [3.8, 4) is 16.8 Å². The van der Waals surface area contributed by atoms with Gasteiger partial charge in [-0.1, -0.05) is 92.9 Å². The minimum atomic E-state index is -0.0797. The van der Waals surface area contributed by atoms with Crippen LogP contribution >= 0.6 is 0 Å². The van der Waals surface area contributed by atoms with Crippen LogP contribution in [0.3, 0.4) is 0 Å². The van der Waals surface area contributed by atoms with E-state index in [1.807, 2.05) is 92.7 Å². The number of allylic oxidation sites excluding steroid dienone is 4. The van der Waals surface area contributed by atoms with E-state index in [4.69, 9.17) is 21.4 Å². The average molecular weight is 1080 g/mol. The highest BCUT2D eigenvalue weighted by Crippen LogP contribution is 2.35. The fourth-order valence-corrected chi connectivity index (χ4v) is 10.3. The van der Waals surface area contributed by atoms with E-state index in [0.717, 1.165) is 177 Å². The molecule has 0 unspecified atom stereocenters. The Hall–Kier alpha value is -9.03. The molecule has 0 radical (unpaired) electrons. The fraction of sp³-hybridized carbons (Fsp3) is 0.261. The Bertz CT molecular complexity index is 3720. The Morgan fingerprint density at radius 2 is 1.05 bits per heavy atom. The first-order valence-corrected chi connectivity index (χ1v) is 28.5. The lowest BCUT2D eigenvalue weighted by Crippen LogP contribution is -2.34. The van der Waals surface area contributed by atoms with Gasteiger partial charge in [0.15, 0.2) is 0 Å². The first kappa shape index (κ1) is 56.7. The number of nitrogens with one attached hydrogen (secondary N) is 5. The van der Waals surface area contributed by atoms with Gasteiger partial charge in [-0.3, -0.25) is 9.59 Å². The smallest absolute Gasteiger partial charge is 0.251 e. The molecule has 9 rings (SSSR count). The summed E-state index contributed by atoms with van der Waals surface area (Å²) >= 11 is 0. The molecule has 12 nitrogen and oxygen atoms in total. The predicted octanol–water partition coefficient (Wildman–Crippen LogP) is 14.2. The molecule has 1 aromatic heterocycles. The van der Waals surface area contributed by atoms with Crippen LogP contribution in [0.4, 0.5) is 34.1 Å². The van der Waals surface area contributed by atoms with Crippen molar-refractivity contribution in [1.82, 2.24) is 20.9 Å². The second-order valence-corrected chi connectivity index (χ2v) is 21.5. The van der Waals surface area contributed by atoms with Crippen LogP contribution in [0.25, 0.3) is 38.9 Å². The lowest BCUT2D eigenvalue weighted by atomic mass is 9.98. The number of anilines is 5. The number of aryl methyl sites for hydroxylation is 5. The van der Waals surface area contributed by atoms with E-state index >= 15 is 0 Å². The van der Waals surface area contributed by atoms with Gasteiger partial charge in [-0.25, -0.2) is 9.98 Å². The third kappa shape index (κ3) is 14.1. The van der Waals surface area contributed by atoms with Gasteiger partial charge in [0.1, 0.15) is 11.0 Å². The Kier molecular flexibility index (Phi) is 18.4. The number of fused-ring (bicyclic) bond motifs is 2. The van der Waals surface area contributed by atoms with Crippen molar-refractivity contribution in [3.63, 3.8) is 0 Å². The minimum absolute atomic E-state index is 0.0773. The van der Waals surface area contributed by atoms with Gasteiger partial charge in [-0.15, -0.1) is 4.57 Å². The summed E-state index contributed by atoms with van der Waals surface area (Å²) in [6, 6.07) is 44.3. The lowest BCUT2D eigenvalue weighted by Gasteiger charge is -2.19. The van der Waals surface area contributed by atoms with E-state index in [1.54, 1.807) is 0 Å². The molecule has 2 amide bonds. The van der Waals surface area contributed by atoms with Crippen molar-refractivity contribution in [2.24, 2.45) is 4.99 Å². The Morgan fingerprint density at radius 1 is 0.519 bits per heavy atom. The Balaban J connectivity index is 0.649. The number of amides is 2. The number of para-hydroxylation sites is 2. The number of hydrogen-bond acceptors (Lipinski definition) is 9. The van der Waals surface area contributed by atoms with Gasteiger partial charge in [-0.05, 0) is 179 Å². The van der Waals surface area contributed by atoms with Gasteiger partial charge in [0.2, 0.25) is 16.7 Å². The second kappa shape index (κ2) is 26.3. The van der Waals surface area contributed by atoms with Gasteiger partial charge in [0, 0.05) is 89.5 Å². The number of aromatic nitrogens is 2. The van der Waals surface area contributed by atoms with Crippen LogP contribution in [0.15, 0.2) is 174 Å². The number of unbranched alkanes of at least 4 members (excludes halogenated alkanes) is 6. The number of benzene rings is 7. The predicted molar refractivity (Wildman–Crippen MR) is 338 cm³/mol. The first-order chi connectivity index (χ1) is 39.2. The zero-order valence-corrected chi connectivity index (χ0v) is 47.9. The highest BCUT2D eigenvalue weighted by molar-refractivity contribution is 6.13. The topological polar surface area (TPSA) is 175 Å². The van der Waals surface area contributed by atoms with Crippen molar-refractivity contribution in [2.75, 3.05) is 48.3 Å². The number of carbonyl (C=O) groups is 2. The third-order valence-electron chi connectivity index (χ3n) is 15.3. The first-order valence-electron chi connectivity index (χ1n) is 28.5. The fourth-order valence-electron chi connectivity index (χ4n) is 10.3. The number of nitrogens with two attached hydrogens (primary N) is 2. The van der Waals surface area contributed by atoms with Gasteiger partial charge in [0.05, 0.1) is 17.1 Å². The van der Waals surface area contributed by atoms with Gasteiger partial charge < -0.3 is 38.1 Å². The van der Waals surface area contributed by atoms with Crippen molar-refractivity contribution in [3.05, 3.63) is 208 Å². The molecule has 0 atom stereocenters. The molecule has 0 saturated heterocycles. The Labute approximate surface area is 477 Å². The summed E-state index contributed by atoms with van der Waals surface area (Å²) in [6.07, 6.45) is 12.1. The molecular weight excluding hydrogens is 1000 g/mol. The van der Waals surface area contributed by atoms with Crippen LogP contribution in [-0.2, 0) is 0 Å². The number of nitrogen functional groups attached to an aromatic ring is 2. The van der Waals surface area contributed by atoms with Crippen LogP contribution in [0.1, 0.15) is 107 Å². The largest absolute Gasteiger partial charge is 0.398 e. The highest BCUT2D eigenvalue weighted by atomic mass is 16.2. The van der Waals surface area contributed by atoms with Crippen LogP contribution < -0.4 is 42.6 Å². The molecule has 0 bridgehead atoms. The summed E-state index contributed by atoms with van der Waals surface area (Å²) in [5.74, 6) is -0.157. The SMILES string of the molecule is C=C1C=C(NCCCCCCNC(=O)c2ccc(-c3ccc(C(=O)NCCCCCCNc4cc5c(cc4C)nc4cc(C)c(N)cc4[n+]5-c4ccccc4C)cc3)cc2)C(C)=C/C1=N/c1cc(C)c(N)cc1Nc1ccccc1C. The number of carbonyl (C=O) groups excluding carboxylic acids is 2. The van der Waals surface area contributed by atoms with Gasteiger partial charge >= 0.3 is 0 Å². The molecule has 1 heterocycles. The van der Waals surface area contributed by atoms with E-state index in [9.17, 15) is 9.59 Å². The van der Waals surface area contributed by atoms with E-state index in [1.165, 1.54) is 5.56 Å². The lowest BCUT2D eigenvalue weighted by molar-refractivity contribution is -0.538. The average Bonchev–Trinajstić information content (AvgIpc) is 3.59. The molecule has 0 aliphatic heterocycles. The van der Waals surface area contributed by atoms with Crippen LogP contribution in [0.5, 0.6) is 0 Å². The molecule has 0 fully saturated rings. The van der Waals surface area contributed by atoms with Crippen molar-refractivity contribution < 1.29 is 14.2 Å². The molecule has 1 aliphatic rings. The van der Waals surface area contributed by atoms with Crippen LogP contribution in [-0.4, -0.2) is 48.7 Å². The monoisotopic (exact) mass is 1080 g/mol. The van der Waals surface area contributed by atoms with E-state index in [0.29, 0.717) is 29.9 Å². The zero-order valence-electron chi connectivity index (χ0n) is 47.9. The summed E-state index contributed by atoms with van der Waals surface area (Å²) in [7, 11) is 0. The summed E-state index contributed by atoms with van der Waals surface area (Å²) in [5.41, 5.74) is 35.4. The standard InChI is InChI=1S/C69H76N10O2/c1-44-20-12-14-22-57(44)76-62-41-55(70)46(3)36-61(62)77-60-39-48(5)58(38-50(60)7)72-32-16-8-10-18-34-74-68(80)53-28-24-51(25-29-53)52-26-30-54(31-27-52)69(81)75-35-19-11-9-17-33-73-59-43-67-64(40-49(59)6)78-63-37-47(4)56(71)42-66(63)79(67)65-23-15-13-21-45(65)2/h12-15,20-31,36-43,72,76H,7-11,16-19,32-35,70H2,1-6H3,(H4,71,73,74,75,80,81)/p+1/b77-60-. The molecule has 414 valence electrons. The third-order valence-corrected chi connectivity index (χ3v) is 15.3. The van der Waals surface area contributed by atoms with E-state index in [-0.39, 0.29) is 11.8 Å². The van der Waals surface area contributed by atoms with E-state index in [2.05, 4.69) is 132 Å². The van der Waals surface area contributed by atoms with Crippen molar-refractivity contribution in [2.45, 2.75) is 92.9 Å². The molecule has 7 aromatic carbocycles. The van der Waals surface area contributed by atoms with Crippen molar-refractivity contribution in [1.29, 1.82) is 0 Å². The second-order valence-electron chi connectivity index (χ2n) is 21.5. The molecule has 1 aliphatic carbocycles. The maximum atomic E-state index is 13.0. The molecule has 8 aromatic rings. The number of rotatable bonds is 23. The normalized spacial score (nSPS) is 12.8. The summed E-state index contributed by atoms with van der Waals surface area (Å²) < 4.78 is 2.29. The maximum absolute atomic E-state index is 13.0. The number of hydrogen-bond donors (Lipinski definition) is 7. The summed E-state index contributed by atoms with van der Waals surface area (Å²) in [5, 5.41) is 17.0. The summed E-state index contributed by atoms with van der Waals surface area (Å²) in [4.78, 5) is 36.2. The summed E-state index contributed by atoms with van der Waals surface area (Å²) in [6.45, 7) is 19.7. The van der Waals surface area contributed by atoms with Crippen molar-refractivity contribution >= 4 is 73.7 Å². The molecule has 0 saturated carbocycles. The molecule has 12 heteroatoms. The molecule has 0 spiro atoms. The molecule has 9 N–H and O–H groups in total. The maximum Gasteiger partial charge on any atom is 0.251 e. The minimum Gasteiger partial charge on any atom is -0.398 e. The molecule has 81 heavy (non-hydrogen) atoms. The van der Waals surface area contributed by atoms with Crippen LogP contribution in [0, 0.1) is 34.6 Å². The van der Waals surface area contributed by atoms with Gasteiger partial charge in [-0.2, -0.15) is 0 Å². The Morgan fingerprint density at radius 3 is 1.67 bits per heavy atom. The number of aliphatic imine (C=N–C) groups is 1. The van der Waals surface area contributed by atoms with Crippen LogP contribution in [0.2, 0.25) is 0 Å². The molecular formula is C69H77N10O2+. The van der Waals surface area contributed by atoms with E-state index < -0.39 is 0 Å². The number of nitrogens with zero attached hydrogens (tertiary/aromatic N) is 3.